The molecule has 31 heavy (non-hydrogen) atoms. The van der Waals surface area contributed by atoms with E-state index in [0.29, 0.717) is 11.7 Å². The van der Waals surface area contributed by atoms with Crippen molar-refractivity contribution in [1.82, 2.24) is 14.9 Å². The molecule has 2 aromatic rings. The van der Waals surface area contributed by atoms with Crippen molar-refractivity contribution in [2.75, 3.05) is 26.0 Å². The van der Waals surface area contributed by atoms with Crippen LogP contribution < -0.4 is 0 Å². The third kappa shape index (κ3) is 5.06. The van der Waals surface area contributed by atoms with E-state index in [1.165, 1.54) is 31.0 Å². The highest BCUT2D eigenvalue weighted by molar-refractivity contribution is 7.99. The molecular formula is C23H26FN3O3S. The number of nitrogens with zero attached hydrogens (tertiary/aromatic N) is 3. The van der Waals surface area contributed by atoms with Crippen LogP contribution in [0.2, 0.25) is 0 Å². The van der Waals surface area contributed by atoms with Gasteiger partial charge < -0.3 is 9.64 Å². The van der Waals surface area contributed by atoms with Gasteiger partial charge in [-0.2, -0.15) is 0 Å². The summed E-state index contributed by atoms with van der Waals surface area (Å²) in [6.07, 6.45) is 6.68. The molecule has 8 heteroatoms. The maximum absolute atomic E-state index is 13.5. The Labute approximate surface area is 185 Å². The van der Waals surface area contributed by atoms with Crippen molar-refractivity contribution >= 4 is 23.6 Å². The average Bonchev–Trinajstić information content (AvgIpc) is 2.77. The lowest BCUT2D eigenvalue weighted by molar-refractivity contribution is -0.139. The van der Waals surface area contributed by atoms with E-state index in [2.05, 4.69) is 4.98 Å². The summed E-state index contributed by atoms with van der Waals surface area (Å²) in [5.74, 6) is -0.0130. The Morgan fingerprint density at radius 2 is 1.97 bits per heavy atom. The van der Waals surface area contributed by atoms with Crippen LogP contribution in [0.5, 0.6) is 0 Å². The third-order valence-electron chi connectivity index (χ3n) is 6.07. The minimum absolute atomic E-state index is 0.0679. The Balaban J connectivity index is 1.62. The normalized spacial score (nSPS) is 19.0. The summed E-state index contributed by atoms with van der Waals surface area (Å²) >= 11 is 1.23. The van der Waals surface area contributed by atoms with Gasteiger partial charge in [-0.15, -0.1) is 0 Å². The second kappa shape index (κ2) is 9.77. The third-order valence-corrected chi connectivity index (χ3v) is 6.91. The molecule has 1 aromatic carbocycles. The van der Waals surface area contributed by atoms with Crippen molar-refractivity contribution in [1.29, 1.82) is 0 Å². The zero-order valence-corrected chi connectivity index (χ0v) is 18.4. The number of amides is 1. The fraction of sp³-hybridized carbons (Fsp3) is 0.478. The maximum Gasteiger partial charge on any atom is 0.316 e. The molecule has 1 aromatic heterocycles. The van der Waals surface area contributed by atoms with Gasteiger partial charge in [-0.05, 0) is 43.4 Å². The van der Waals surface area contributed by atoms with Crippen molar-refractivity contribution in [2.45, 2.75) is 43.2 Å². The molecule has 0 spiro atoms. The summed E-state index contributed by atoms with van der Waals surface area (Å²) in [5.41, 5.74) is 2.52. The van der Waals surface area contributed by atoms with Crippen LogP contribution in [0.4, 0.5) is 4.39 Å². The molecule has 4 rings (SSSR count). The van der Waals surface area contributed by atoms with E-state index in [1.54, 1.807) is 18.3 Å². The first-order chi connectivity index (χ1) is 15.0. The van der Waals surface area contributed by atoms with Crippen LogP contribution in [0.3, 0.4) is 0 Å². The lowest BCUT2D eigenvalue weighted by Crippen LogP contribution is -2.44. The lowest BCUT2D eigenvalue weighted by atomic mass is 9.83. The second-order valence-electron chi connectivity index (χ2n) is 8.07. The van der Waals surface area contributed by atoms with Crippen LogP contribution in [-0.4, -0.2) is 52.7 Å². The van der Waals surface area contributed by atoms with Crippen molar-refractivity contribution in [3.8, 4) is 11.1 Å². The first-order valence-electron chi connectivity index (χ1n) is 10.7. The quantitative estimate of drug-likeness (QED) is 0.381. The van der Waals surface area contributed by atoms with Crippen LogP contribution >= 0.6 is 11.8 Å². The number of aromatic nitrogens is 2. The van der Waals surface area contributed by atoms with Crippen molar-refractivity contribution in [2.24, 2.45) is 5.92 Å². The zero-order chi connectivity index (χ0) is 21.8. The van der Waals surface area contributed by atoms with Gasteiger partial charge in [0.15, 0.2) is 5.16 Å². The summed E-state index contributed by atoms with van der Waals surface area (Å²) in [5, 5.41) is 0.494. The SMILES string of the molecule is COC(=O)CSc1ncc(-c2ccc(F)cc2)c(C2CCCN(C(=O)C3CCC3)C2)n1. The number of thioether (sulfide) groups is 1. The lowest BCUT2D eigenvalue weighted by Gasteiger charge is -2.37. The summed E-state index contributed by atoms with van der Waals surface area (Å²) in [7, 11) is 1.35. The van der Waals surface area contributed by atoms with Crippen LogP contribution in [0.15, 0.2) is 35.6 Å². The van der Waals surface area contributed by atoms with Gasteiger partial charge in [0.25, 0.3) is 0 Å². The second-order valence-corrected chi connectivity index (χ2v) is 9.02. The van der Waals surface area contributed by atoms with Crippen molar-refractivity contribution < 1.29 is 18.7 Å². The van der Waals surface area contributed by atoms with E-state index in [1.807, 2.05) is 4.90 Å². The Hall–Kier alpha value is -2.48. The van der Waals surface area contributed by atoms with E-state index in [0.717, 1.165) is 55.5 Å². The minimum atomic E-state index is -0.340. The smallest absolute Gasteiger partial charge is 0.316 e. The maximum atomic E-state index is 13.5. The Bertz CT molecular complexity index is 950. The van der Waals surface area contributed by atoms with Gasteiger partial charge in [0, 0.05) is 36.7 Å². The predicted octanol–water partition coefficient (Wildman–Crippen LogP) is 4.05. The fourth-order valence-electron chi connectivity index (χ4n) is 4.11. The van der Waals surface area contributed by atoms with Gasteiger partial charge in [0.1, 0.15) is 5.82 Å². The van der Waals surface area contributed by atoms with Crippen LogP contribution in [-0.2, 0) is 14.3 Å². The highest BCUT2D eigenvalue weighted by atomic mass is 32.2. The number of benzene rings is 1. The number of esters is 1. The highest BCUT2D eigenvalue weighted by Gasteiger charge is 2.33. The number of halogens is 1. The molecule has 1 aliphatic heterocycles. The molecule has 1 saturated carbocycles. The summed E-state index contributed by atoms with van der Waals surface area (Å²) in [6, 6.07) is 6.29. The molecule has 0 N–H and O–H groups in total. The molecule has 1 unspecified atom stereocenters. The number of rotatable bonds is 6. The number of hydrogen-bond donors (Lipinski definition) is 0. The molecule has 1 aliphatic carbocycles. The molecule has 2 aliphatic rings. The molecule has 2 heterocycles. The largest absolute Gasteiger partial charge is 0.468 e. The number of carbonyl (C=O) groups excluding carboxylic acids is 2. The van der Waals surface area contributed by atoms with Crippen molar-refractivity contribution in [3.05, 3.63) is 42.0 Å². The van der Waals surface area contributed by atoms with E-state index >= 15 is 0 Å². The topological polar surface area (TPSA) is 72.4 Å². The molecular weight excluding hydrogens is 417 g/mol. The first kappa shape index (κ1) is 21.7. The molecule has 1 amide bonds. The first-order valence-corrected chi connectivity index (χ1v) is 11.6. The predicted molar refractivity (Wildman–Crippen MR) is 116 cm³/mol. The van der Waals surface area contributed by atoms with E-state index in [4.69, 9.17) is 9.72 Å². The van der Waals surface area contributed by atoms with Crippen molar-refractivity contribution in [3.63, 3.8) is 0 Å². The van der Waals surface area contributed by atoms with Crippen LogP contribution in [0.25, 0.3) is 11.1 Å². The van der Waals surface area contributed by atoms with Gasteiger partial charge in [-0.25, -0.2) is 14.4 Å². The monoisotopic (exact) mass is 443 g/mol. The minimum Gasteiger partial charge on any atom is -0.468 e. The Kier molecular flexibility index (Phi) is 6.85. The van der Waals surface area contributed by atoms with Gasteiger partial charge in [-0.3, -0.25) is 9.59 Å². The number of carbonyl (C=O) groups is 2. The summed E-state index contributed by atoms with van der Waals surface area (Å²) in [4.78, 5) is 35.5. The van der Waals surface area contributed by atoms with Crippen LogP contribution in [0.1, 0.15) is 43.7 Å². The Morgan fingerprint density at radius 1 is 1.19 bits per heavy atom. The molecule has 0 bridgehead atoms. The zero-order valence-electron chi connectivity index (χ0n) is 17.6. The van der Waals surface area contributed by atoms with E-state index < -0.39 is 0 Å². The average molecular weight is 444 g/mol. The molecule has 2 fully saturated rings. The summed E-state index contributed by atoms with van der Waals surface area (Å²) < 4.78 is 18.2. The van der Waals surface area contributed by atoms with Gasteiger partial charge >= 0.3 is 5.97 Å². The van der Waals surface area contributed by atoms with Gasteiger partial charge in [-0.1, -0.05) is 30.3 Å². The molecule has 6 nitrogen and oxygen atoms in total. The number of piperidine rings is 1. The Morgan fingerprint density at radius 3 is 2.65 bits per heavy atom. The number of likely N-dealkylation sites (tertiary alicyclic amines) is 1. The van der Waals surface area contributed by atoms with Crippen LogP contribution in [0, 0.1) is 11.7 Å². The van der Waals surface area contributed by atoms with Gasteiger partial charge in [0.2, 0.25) is 5.91 Å². The molecule has 164 valence electrons. The number of methoxy groups -OCH3 is 1. The molecule has 1 saturated heterocycles. The molecule has 0 radical (unpaired) electrons. The van der Waals surface area contributed by atoms with E-state index in [-0.39, 0.29) is 35.3 Å². The highest BCUT2D eigenvalue weighted by Crippen LogP contribution is 2.36. The standard InChI is InChI=1S/C23H26FN3O3S/c1-30-20(28)14-31-23-25-12-19(15-7-9-18(24)10-8-15)21(26-23)17-6-3-11-27(13-17)22(29)16-4-2-5-16/h7-10,12,16-17H,2-6,11,13-14H2,1H3. The molecule has 1 atom stereocenters. The van der Waals surface area contributed by atoms with E-state index in [9.17, 15) is 14.0 Å². The number of ether oxygens (including phenoxy) is 1. The number of hydrogen-bond acceptors (Lipinski definition) is 6. The van der Waals surface area contributed by atoms with Gasteiger partial charge in [0.05, 0.1) is 18.6 Å². The fourth-order valence-corrected chi connectivity index (χ4v) is 4.76. The summed E-state index contributed by atoms with van der Waals surface area (Å²) in [6.45, 7) is 1.41.